The van der Waals surface area contributed by atoms with Crippen LogP contribution in [0.1, 0.15) is 55.9 Å². The van der Waals surface area contributed by atoms with Crippen LogP contribution in [-0.4, -0.2) is 63.1 Å². The van der Waals surface area contributed by atoms with Crippen LogP contribution in [0.3, 0.4) is 0 Å². The predicted molar refractivity (Wildman–Crippen MR) is 88.2 cm³/mol. The van der Waals surface area contributed by atoms with Crippen LogP contribution in [0.25, 0.3) is 0 Å². The number of rotatable bonds is 3. The van der Waals surface area contributed by atoms with Crippen molar-refractivity contribution in [3.05, 3.63) is 47.0 Å². The van der Waals surface area contributed by atoms with Crippen LogP contribution in [-0.2, 0) is 4.84 Å². The highest BCUT2D eigenvalue weighted by molar-refractivity contribution is 6.21. The number of aromatic nitrogens is 3. The van der Waals surface area contributed by atoms with Crippen molar-refractivity contribution in [1.29, 1.82) is 0 Å². The first-order valence-corrected chi connectivity index (χ1v) is 8.35. The summed E-state index contributed by atoms with van der Waals surface area (Å²) in [4.78, 5) is 48.1. The van der Waals surface area contributed by atoms with E-state index in [1.54, 1.807) is 12.1 Å². The third kappa shape index (κ3) is 2.76. The molecule has 0 aliphatic carbocycles. The van der Waals surface area contributed by atoms with Gasteiger partial charge in [-0.15, -0.1) is 5.10 Å². The van der Waals surface area contributed by atoms with E-state index in [0.717, 1.165) is 25.9 Å². The van der Waals surface area contributed by atoms with Gasteiger partial charge in [0.1, 0.15) is 5.82 Å². The molecule has 0 unspecified atom stereocenters. The smallest absolute Gasteiger partial charge is 0.321 e. The average molecular weight is 355 g/mol. The minimum atomic E-state index is -0.949. The minimum Gasteiger partial charge on any atom is -0.321 e. The van der Waals surface area contributed by atoms with Gasteiger partial charge >= 0.3 is 5.97 Å². The lowest BCUT2D eigenvalue weighted by atomic mass is 9.97. The summed E-state index contributed by atoms with van der Waals surface area (Å²) < 4.78 is 0. The van der Waals surface area contributed by atoms with Gasteiger partial charge in [0.15, 0.2) is 0 Å². The van der Waals surface area contributed by atoms with Gasteiger partial charge in [0.05, 0.1) is 11.1 Å². The van der Waals surface area contributed by atoms with Crippen molar-refractivity contribution >= 4 is 17.8 Å². The lowest BCUT2D eigenvalue weighted by molar-refractivity contribution is -0.0592. The summed E-state index contributed by atoms with van der Waals surface area (Å²) in [7, 11) is 2.06. The molecular weight excluding hydrogens is 338 g/mol. The number of hydrogen-bond acceptors (Lipinski definition) is 7. The number of imide groups is 1. The second-order valence-electron chi connectivity index (χ2n) is 6.45. The second-order valence-corrected chi connectivity index (χ2v) is 6.45. The monoisotopic (exact) mass is 355 g/mol. The first-order valence-electron chi connectivity index (χ1n) is 8.35. The van der Waals surface area contributed by atoms with Gasteiger partial charge in [-0.05, 0) is 45.1 Å². The van der Waals surface area contributed by atoms with Gasteiger partial charge in [0, 0.05) is 5.92 Å². The maximum atomic E-state index is 12.3. The van der Waals surface area contributed by atoms with Crippen molar-refractivity contribution in [2.45, 2.75) is 18.8 Å². The second kappa shape index (κ2) is 6.34. The molecule has 134 valence electrons. The van der Waals surface area contributed by atoms with Gasteiger partial charge in [0.25, 0.3) is 17.6 Å². The Balaban J connectivity index is 1.46. The van der Waals surface area contributed by atoms with E-state index in [2.05, 4.69) is 27.1 Å². The molecule has 9 heteroatoms. The molecule has 4 rings (SSSR count). The Kier molecular flexibility index (Phi) is 4.00. The fraction of sp³-hybridized carbons (Fsp3) is 0.353. The Labute approximate surface area is 148 Å². The van der Waals surface area contributed by atoms with E-state index in [9.17, 15) is 14.4 Å². The SMILES string of the molecule is CN1CCC(c2nc(C(=O)ON3C(=O)c4ccccc4C3=O)n[nH]2)CC1. The van der Waals surface area contributed by atoms with Gasteiger partial charge in [-0.2, -0.15) is 0 Å². The zero-order chi connectivity index (χ0) is 18.3. The molecule has 0 radical (unpaired) electrons. The van der Waals surface area contributed by atoms with Crippen molar-refractivity contribution in [3.8, 4) is 0 Å². The summed E-state index contributed by atoms with van der Waals surface area (Å²) in [5.41, 5.74) is 0.402. The van der Waals surface area contributed by atoms with Gasteiger partial charge in [-0.25, -0.2) is 9.78 Å². The van der Waals surface area contributed by atoms with Crippen LogP contribution in [0.4, 0.5) is 0 Å². The van der Waals surface area contributed by atoms with Crippen molar-refractivity contribution in [3.63, 3.8) is 0 Å². The lowest BCUT2D eigenvalue weighted by Crippen LogP contribution is -2.33. The predicted octanol–water partition coefficient (Wildman–Crippen LogP) is 0.982. The summed E-state index contributed by atoms with van der Waals surface area (Å²) in [6.07, 6.45) is 1.83. The quantitative estimate of drug-likeness (QED) is 0.818. The summed E-state index contributed by atoms with van der Waals surface area (Å²) in [6, 6.07) is 6.29. The zero-order valence-electron chi connectivity index (χ0n) is 14.1. The number of carbonyl (C=O) groups excluding carboxylic acids is 3. The Bertz CT molecular complexity index is 850. The van der Waals surface area contributed by atoms with Gasteiger partial charge in [0.2, 0.25) is 0 Å². The highest BCUT2D eigenvalue weighted by atomic mass is 16.7. The maximum absolute atomic E-state index is 12.3. The molecule has 9 nitrogen and oxygen atoms in total. The first-order chi connectivity index (χ1) is 12.5. The summed E-state index contributed by atoms with van der Waals surface area (Å²) in [6.45, 7) is 1.89. The van der Waals surface area contributed by atoms with E-state index in [0.29, 0.717) is 10.9 Å². The van der Waals surface area contributed by atoms with Crippen molar-refractivity contribution < 1.29 is 19.2 Å². The molecule has 0 saturated carbocycles. The zero-order valence-corrected chi connectivity index (χ0v) is 14.1. The van der Waals surface area contributed by atoms with Crippen LogP contribution < -0.4 is 0 Å². The molecule has 1 saturated heterocycles. The third-order valence-corrected chi connectivity index (χ3v) is 4.72. The molecule has 1 aromatic carbocycles. The molecule has 2 aromatic rings. The molecule has 0 atom stereocenters. The molecular formula is C17H17N5O4. The van der Waals surface area contributed by atoms with E-state index in [1.165, 1.54) is 12.1 Å². The van der Waals surface area contributed by atoms with Crippen LogP contribution in [0.2, 0.25) is 0 Å². The van der Waals surface area contributed by atoms with Crippen molar-refractivity contribution in [2.75, 3.05) is 20.1 Å². The number of nitrogens with one attached hydrogen (secondary N) is 1. The molecule has 0 bridgehead atoms. The molecule has 1 fully saturated rings. The molecule has 2 aliphatic rings. The highest BCUT2D eigenvalue weighted by Gasteiger charge is 2.39. The number of carbonyl (C=O) groups is 3. The fourth-order valence-corrected chi connectivity index (χ4v) is 3.20. The van der Waals surface area contributed by atoms with Crippen molar-refractivity contribution in [1.82, 2.24) is 25.1 Å². The number of amides is 2. The summed E-state index contributed by atoms with van der Waals surface area (Å²) in [5.74, 6) is -1.69. The third-order valence-electron chi connectivity index (χ3n) is 4.72. The molecule has 0 spiro atoms. The van der Waals surface area contributed by atoms with Crippen LogP contribution in [0.5, 0.6) is 0 Å². The van der Waals surface area contributed by atoms with Crippen LogP contribution in [0.15, 0.2) is 24.3 Å². The number of nitrogens with zero attached hydrogens (tertiary/aromatic N) is 4. The maximum Gasteiger partial charge on any atom is 0.403 e. The molecule has 2 aliphatic heterocycles. The number of fused-ring (bicyclic) bond motifs is 1. The van der Waals surface area contributed by atoms with Crippen LogP contribution >= 0.6 is 0 Å². The molecule has 26 heavy (non-hydrogen) atoms. The van der Waals surface area contributed by atoms with Crippen LogP contribution in [0, 0.1) is 0 Å². The van der Waals surface area contributed by atoms with E-state index in [1.807, 2.05) is 0 Å². The average Bonchev–Trinajstić information content (AvgIpc) is 3.23. The Morgan fingerprint density at radius 1 is 1.15 bits per heavy atom. The summed E-state index contributed by atoms with van der Waals surface area (Å²) >= 11 is 0. The molecule has 1 N–H and O–H groups in total. The van der Waals surface area contributed by atoms with E-state index >= 15 is 0 Å². The fourth-order valence-electron chi connectivity index (χ4n) is 3.20. The number of piperidine rings is 1. The number of benzene rings is 1. The Morgan fingerprint density at radius 3 is 2.38 bits per heavy atom. The number of H-pyrrole nitrogens is 1. The van der Waals surface area contributed by atoms with Crippen molar-refractivity contribution in [2.24, 2.45) is 0 Å². The van der Waals surface area contributed by atoms with Gasteiger partial charge in [-0.1, -0.05) is 17.2 Å². The van der Waals surface area contributed by atoms with Gasteiger partial charge < -0.3 is 9.74 Å². The summed E-state index contributed by atoms with van der Waals surface area (Å²) in [5, 5.41) is 7.10. The topological polar surface area (TPSA) is 108 Å². The minimum absolute atomic E-state index is 0.194. The molecule has 1 aromatic heterocycles. The Hall–Kier alpha value is -3.07. The largest absolute Gasteiger partial charge is 0.403 e. The molecule has 2 amide bonds. The number of hydroxylamine groups is 2. The van der Waals surface area contributed by atoms with E-state index < -0.39 is 17.8 Å². The Morgan fingerprint density at radius 2 is 1.77 bits per heavy atom. The number of aromatic amines is 1. The first kappa shape index (κ1) is 16.4. The normalized spacial score (nSPS) is 18.3. The van der Waals surface area contributed by atoms with E-state index in [4.69, 9.17) is 4.84 Å². The number of hydrogen-bond donors (Lipinski definition) is 1. The van der Waals surface area contributed by atoms with E-state index in [-0.39, 0.29) is 22.9 Å². The standard InChI is InChI=1S/C17H17N5O4/c1-21-8-6-10(7-9-21)13-18-14(20-19-13)17(25)26-22-15(23)11-4-2-3-5-12(11)16(22)24/h2-5,10H,6-9H2,1H3,(H,18,19,20). The molecule has 3 heterocycles. The lowest BCUT2D eigenvalue weighted by Gasteiger charge is -2.27. The van der Waals surface area contributed by atoms with Gasteiger partial charge in [-0.3, -0.25) is 14.7 Å². The number of likely N-dealkylation sites (tertiary alicyclic amines) is 1. The highest BCUT2D eigenvalue weighted by Crippen LogP contribution is 2.25.